The van der Waals surface area contributed by atoms with Crippen LogP contribution in [-0.2, 0) is 9.53 Å². The molecule has 1 aromatic heterocycles. The number of halogens is 1. The molecule has 0 saturated carbocycles. The number of nitrogens with zero attached hydrogens (tertiary/aromatic N) is 2. The van der Waals surface area contributed by atoms with Crippen LogP contribution in [0.1, 0.15) is 26.6 Å². The molecule has 0 N–H and O–H groups in total. The second-order valence-electron chi connectivity index (χ2n) is 4.13. The molecule has 0 aliphatic carbocycles. The highest BCUT2D eigenvalue weighted by Gasteiger charge is 2.13. The minimum atomic E-state index is -0.484. The van der Waals surface area contributed by atoms with Gasteiger partial charge in [-0.3, -0.25) is 0 Å². The van der Waals surface area contributed by atoms with Crippen LogP contribution in [0.5, 0.6) is 0 Å². The summed E-state index contributed by atoms with van der Waals surface area (Å²) in [7, 11) is 0. The molecule has 1 aromatic rings. The van der Waals surface area contributed by atoms with Gasteiger partial charge in [0.1, 0.15) is 5.60 Å². The molecular formula is C11H13BrN2O2. The van der Waals surface area contributed by atoms with Gasteiger partial charge in [-0.25, -0.2) is 14.8 Å². The minimum absolute atomic E-state index is 0.404. The van der Waals surface area contributed by atoms with Crippen molar-refractivity contribution in [3.8, 4) is 0 Å². The van der Waals surface area contributed by atoms with Crippen LogP contribution in [0.15, 0.2) is 22.9 Å². The lowest BCUT2D eigenvalue weighted by Gasteiger charge is -2.17. The van der Waals surface area contributed by atoms with Crippen molar-refractivity contribution in [3.05, 3.63) is 28.8 Å². The lowest BCUT2D eigenvalue weighted by molar-refractivity contribution is -0.148. The summed E-state index contributed by atoms with van der Waals surface area (Å²) in [5, 5.41) is 0. The molecule has 0 atom stereocenters. The van der Waals surface area contributed by atoms with Gasteiger partial charge >= 0.3 is 5.97 Å². The lowest BCUT2D eigenvalue weighted by Crippen LogP contribution is -2.22. The predicted octanol–water partition coefficient (Wildman–Crippen LogP) is 2.59. The highest BCUT2D eigenvalue weighted by molar-refractivity contribution is 9.10. The predicted molar refractivity (Wildman–Crippen MR) is 64.6 cm³/mol. The zero-order chi connectivity index (χ0) is 12.2. The standard InChI is InChI=1S/C11H13BrN2O2/c1-11(2,3)16-10(15)5-4-9-13-6-8(12)7-14-9/h4-7H,1-3H3/b5-4+. The van der Waals surface area contributed by atoms with Crippen LogP contribution >= 0.6 is 15.9 Å². The summed E-state index contributed by atoms with van der Waals surface area (Å²) in [6, 6.07) is 0. The number of carbonyl (C=O) groups is 1. The van der Waals surface area contributed by atoms with Gasteiger partial charge in [0.25, 0.3) is 0 Å². The van der Waals surface area contributed by atoms with Crippen molar-refractivity contribution < 1.29 is 9.53 Å². The molecule has 0 aliphatic heterocycles. The molecule has 0 aromatic carbocycles. The van der Waals surface area contributed by atoms with Gasteiger partial charge in [0.05, 0.1) is 4.47 Å². The molecule has 5 heteroatoms. The topological polar surface area (TPSA) is 52.1 Å². The fourth-order valence-corrected chi connectivity index (χ4v) is 1.09. The molecule has 0 radical (unpaired) electrons. The van der Waals surface area contributed by atoms with E-state index in [9.17, 15) is 4.79 Å². The Kier molecular flexibility index (Phi) is 4.18. The van der Waals surface area contributed by atoms with E-state index in [1.54, 1.807) is 12.4 Å². The summed E-state index contributed by atoms with van der Waals surface area (Å²) in [4.78, 5) is 19.3. The van der Waals surface area contributed by atoms with Crippen LogP contribution in [0.4, 0.5) is 0 Å². The van der Waals surface area contributed by atoms with Crippen molar-refractivity contribution in [3.63, 3.8) is 0 Å². The van der Waals surface area contributed by atoms with Crippen molar-refractivity contribution in [1.29, 1.82) is 0 Å². The van der Waals surface area contributed by atoms with E-state index < -0.39 is 11.6 Å². The smallest absolute Gasteiger partial charge is 0.331 e. The van der Waals surface area contributed by atoms with Crippen molar-refractivity contribution in [1.82, 2.24) is 9.97 Å². The summed E-state index contributed by atoms with van der Waals surface area (Å²) < 4.78 is 5.89. The number of hydrogen-bond acceptors (Lipinski definition) is 4. The number of rotatable bonds is 2. The Hall–Kier alpha value is -1.23. The average Bonchev–Trinajstić information content (AvgIpc) is 2.14. The highest BCUT2D eigenvalue weighted by atomic mass is 79.9. The SMILES string of the molecule is CC(C)(C)OC(=O)/C=C/c1ncc(Br)cn1. The first-order valence-electron chi connectivity index (χ1n) is 4.75. The van der Waals surface area contributed by atoms with Gasteiger partial charge in [-0.2, -0.15) is 0 Å². The van der Waals surface area contributed by atoms with Crippen LogP contribution in [-0.4, -0.2) is 21.5 Å². The molecule has 0 unspecified atom stereocenters. The lowest BCUT2D eigenvalue weighted by atomic mass is 10.2. The molecule has 0 aliphatic rings. The Bertz CT molecular complexity index is 393. The first kappa shape index (κ1) is 12.8. The quantitative estimate of drug-likeness (QED) is 0.619. The van der Waals surface area contributed by atoms with Gasteiger partial charge in [0, 0.05) is 18.5 Å². The summed E-state index contributed by atoms with van der Waals surface area (Å²) in [5.41, 5.74) is -0.484. The molecule has 0 bridgehead atoms. The molecular weight excluding hydrogens is 272 g/mol. The highest BCUT2D eigenvalue weighted by Crippen LogP contribution is 2.08. The van der Waals surface area contributed by atoms with Gasteiger partial charge in [-0.05, 0) is 42.8 Å². The molecule has 4 nitrogen and oxygen atoms in total. The molecule has 0 amide bonds. The third-order valence-electron chi connectivity index (χ3n) is 1.42. The Morgan fingerprint density at radius 1 is 1.38 bits per heavy atom. The molecule has 0 saturated heterocycles. The maximum Gasteiger partial charge on any atom is 0.331 e. The normalized spacial score (nSPS) is 11.8. The van der Waals surface area contributed by atoms with Crippen LogP contribution in [0.2, 0.25) is 0 Å². The molecule has 16 heavy (non-hydrogen) atoms. The van der Waals surface area contributed by atoms with Crippen molar-refractivity contribution >= 4 is 28.0 Å². The number of hydrogen-bond donors (Lipinski definition) is 0. The van der Waals surface area contributed by atoms with Crippen molar-refractivity contribution in [2.75, 3.05) is 0 Å². The molecule has 0 spiro atoms. The second-order valence-corrected chi connectivity index (χ2v) is 5.04. The van der Waals surface area contributed by atoms with Gasteiger partial charge in [-0.1, -0.05) is 0 Å². The van der Waals surface area contributed by atoms with E-state index in [4.69, 9.17) is 4.74 Å². The zero-order valence-electron chi connectivity index (χ0n) is 9.40. The monoisotopic (exact) mass is 284 g/mol. The van der Waals surface area contributed by atoms with Gasteiger partial charge in [-0.15, -0.1) is 0 Å². The van der Waals surface area contributed by atoms with E-state index in [-0.39, 0.29) is 0 Å². The Labute approximate surface area is 103 Å². The Morgan fingerprint density at radius 2 is 1.94 bits per heavy atom. The van der Waals surface area contributed by atoms with Crippen molar-refractivity contribution in [2.45, 2.75) is 26.4 Å². The van der Waals surface area contributed by atoms with Gasteiger partial charge in [0.15, 0.2) is 5.82 Å². The van der Waals surface area contributed by atoms with Crippen LogP contribution in [0.25, 0.3) is 6.08 Å². The third kappa shape index (κ3) is 5.02. The summed E-state index contributed by atoms with van der Waals surface area (Å²) in [5.74, 6) is 0.0630. The molecule has 86 valence electrons. The number of carbonyl (C=O) groups excluding carboxylic acids is 1. The fraction of sp³-hybridized carbons (Fsp3) is 0.364. The molecule has 0 fully saturated rings. The average molecular weight is 285 g/mol. The fourth-order valence-electron chi connectivity index (χ4n) is 0.887. The van der Waals surface area contributed by atoms with Crippen LogP contribution < -0.4 is 0 Å². The summed E-state index contributed by atoms with van der Waals surface area (Å²) in [6.07, 6.45) is 6.05. The number of esters is 1. The van der Waals surface area contributed by atoms with E-state index in [1.165, 1.54) is 12.2 Å². The number of ether oxygens (including phenoxy) is 1. The van der Waals surface area contributed by atoms with Gasteiger partial charge in [0.2, 0.25) is 0 Å². The Morgan fingerprint density at radius 3 is 2.44 bits per heavy atom. The number of aromatic nitrogens is 2. The van der Waals surface area contributed by atoms with E-state index >= 15 is 0 Å². The van der Waals surface area contributed by atoms with E-state index in [2.05, 4.69) is 25.9 Å². The zero-order valence-corrected chi connectivity index (χ0v) is 11.0. The maximum absolute atomic E-state index is 11.3. The van der Waals surface area contributed by atoms with E-state index in [0.29, 0.717) is 5.82 Å². The minimum Gasteiger partial charge on any atom is -0.457 e. The second kappa shape index (κ2) is 5.21. The largest absolute Gasteiger partial charge is 0.457 e. The third-order valence-corrected chi connectivity index (χ3v) is 1.83. The molecule has 1 heterocycles. The van der Waals surface area contributed by atoms with E-state index in [0.717, 1.165) is 4.47 Å². The summed E-state index contributed by atoms with van der Waals surface area (Å²) >= 11 is 3.22. The summed E-state index contributed by atoms with van der Waals surface area (Å²) in [6.45, 7) is 5.44. The van der Waals surface area contributed by atoms with Crippen LogP contribution in [0.3, 0.4) is 0 Å². The maximum atomic E-state index is 11.3. The van der Waals surface area contributed by atoms with Crippen molar-refractivity contribution in [2.24, 2.45) is 0 Å². The van der Waals surface area contributed by atoms with Gasteiger partial charge < -0.3 is 4.74 Å². The van der Waals surface area contributed by atoms with Crippen LogP contribution in [0, 0.1) is 0 Å². The first-order chi connectivity index (χ1) is 7.37. The Balaban J connectivity index is 2.60. The molecule has 1 rings (SSSR count). The first-order valence-corrected chi connectivity index (χ1v) is 5.55. The van der Waals surface area contributed by atoms with E-state index in [1.807, 2.05) is 20.8 Å².